The highest BCUT2D eigenvalue weighted by Gasteiger charge is 2.12. The van der Waals surface area contributed by atoms with Crippen LogP contribution >= 0.6 is 0 Å². The summed E-state index contributed by atoms with van der Waals surface area (Å²) in [5, 5.41) is 13.5. The lowest BCUT2D eigenvalue weighted by Crippen LogP contribution is -2.12. The molecule has 0 fully saturated rings. The van der Waals surface area contributed by atoms with Crippen LogP contribution in [0.5, 0.6) is 0 Å². The summed E-state index contributed by atoms with van der Waals surface area (Å²) in [5.74, 6) is 0.356. The fourth-order valence-corrected chi connectivity index (χ4v) is 1.32. The number of amides is 1. The Hall–Kier alpha value is -2.11. The predicted octanol–water partition coefficient (Wildman–Crippen LogP) is 1.01. The molecule has 0 bridgehead atoms. The molecule has 0 aliphatic rings. The zero-order valence-electron chi connectivity index (χ0n) is 9.40. The molecule has 16 heavy (non-hydrogen) atoms. The summed E-state index contributed by atoms with van der Waals surface area (Å²) in [6.45, 7) is 3.81. The van der Waals surface area contributed by atoms with E-state index < -0.39 is 0 Å². The van der Waals surface area contributed by atoms with Crippen LogP contribution in [0, 0.1) is 13.8 Å². The maximum atomic E-state index is 11.8. The van der Waals surface area contributed by atoms with Gasteiger partial charge in [-0.05, 0) is 13.8 Å². The largest absolute Gasteiger partial charge is 0.305 e. The number of anilines is 1. The number of aromatic nitrogens is 4. The second kappa shape index (κ2) is 3.80. The van der Waals surface area contributed by atoms with Gasteiger partial charge in [0.25, 0.3) is 5.91 Å². The lowest BCUT2D eigenvalue weighted by atomic mass is 10.2. The SMILES string of the molecule is Cc1[nH]nc(NC(=O)c2cnn(C)c2)c1C. The molecule has 0 saturated heterocycles. The van der Waals surface area contributed by atoms with Crippen molar-refractivity contribution in [1.29, 1.82) is 0 Å². The first-order chi connectivity index (χ1) is 7.58. The summed E-state index contributed by atoms with van der Waals surface area (Å²) in [6, 6.07) is 0. The average molecular weight is 219 g/mol. The smallest absolute Gasteiger partial charge is 0.260 e. The van der Waals surface area contributed by atoms with E-state index in [1.165, 1.54) is 6.20 Å². The van der Waals surface area contributed by atoms with Gasteiger partial charge >= 0.3 is 0 Å². The van der Waals surface area contributed by atoms with E-state index in [0.29, 0.717) is 11.4 Å². The van der Waals surface area contributed by atoms with Crippen molar-refractivity contribution in [3.8, 4) is 0 Å². The maximum absolute atomic E-state index is 11.8. The van der Waals surface area contributed by atoms with Crippen LogP contribution in [0.15, 0.2) is 12.4 Å². The number of nitrogens with one attached hydrogen (secondary N) is 2. The van der Waals surface area contributed by atoms with Gasteiger partial charge < -0.3 is 5.32 Å². The summed E-state index contributed by atoms with van der Waals surface area (Å²) in [4.78, 5) is 11.8. The van der Waals surface area contributed by atoms with Crippen LogP contribution in [-0.2, 0) is 7.05 Å². The maximum Gasteiger partial charge on any atom is 0.260 e. The second-order valence-electron chi connectivity index (χ2n) is 3.68. The molecule has 0 aliphatic heterocycles. The molecule has 1 amide bonds. The van der Waals surface area contributed by atoms with Gasteiger partial charge in [-0.1, -0.05) is 0 Å². The number of aryl methyl sites for hydroxylation is 2. The van der Waals surface area contributed by atoms with Gasteiger partial charge in [-0.2, -0.15) is 10.2 Å². The minimum Gasteiger partial charge on any atom is -0.305 e. The summed E-state index contributed by atoms with van der Waals surface area (Å²) >= 11 is 0. The molecule has 6 nitrogen and oxygen atoms in total. The third-order valence-corrected chi connectivity index (χ3v) is 2.45. The Bertz CT molecular complexity index is 525. The van der Waals surface area contributed by atoms with Crippen molar-refractivity contribution in [3.63, 3.8) is 0 Å². The van der Waals surface area contributed by atoms with Crippen LogP contribution in [0.3, 0.4) is 0 Å². The van der Waals surface area contributed by atoms with Gasteiger partial charge in [0.15, 0.2) is 5.82 Å². The van der Waals surface area contributed by atoms with Crippen LogP contribution in [0.2, 0.25) is 0 Å². The standard InChI is InChI=1S/C10H13N5O/c1-6-7(2)13-14-9(6)12-10(16)8-4-11-15(3)5-8/h4-5H,1-3H3,(H2,12,13,14,16). The monoisotopic (exact) mass is 219 g/mol. The van der Waals surface area contributed by atoms with E-state index in [1.807, 2.05) is 13.8 Å². The van der Waals surface area contributed by atoms with Gasteiger partial charge in [0.05, 0.1) is 11.8 Å². The van der Waals surface area contributed by atoms with E-state index in [0.717, 1.165) is 11.3 Å². The fraction of sp³-hybridized carbons (Fsp3) is 0.300. The fourth-order valence-electron chi connectivity index (χ4n) is 1.32. The molecule has 0 aromatic carbocycles. The summed E-state index contributed by atoms with van der Waals surface area (Å²) in [6.07, 6.45) is 3.17. The topological polar surface area (TPSA) is 75.6 Å². The van der Waals surface area contributed by atoms with Crippen LogP contribution in [0.25, 0.3) is 0 Å². The van der Waals surface area contributed by atoms with E-state index in [-0.39, 0.29) is 5.91 Å². The summed E-state index contributed by atoms with van der Waals surface area (Å²) < 4.78 is 1.58. The molecule has 2 aromatic heterocycles. The first-order valence-corrected chi connectivity index (χ1v) is 4.89. The Kier molecular flexibility index (Phi) is 2.47. The van der Waals surface area contributed by atoms with Crippen molar-refractivity contribution in [3.05, 3.63) is 29.2 Å². The number of carbonyl (C=O) groups is 1. The van der Waals surface area contributed by atoms with Crippen LogP contribution in [-0.4, -0.2) is 25.9 Å². The molecule has 2 rings (SSSR count). The molecule has 2 aromatic rings. The Morgan fingerprint density at radius 2 is 2.25 bits per heavy atom. The van der Waals surface area contributed by atoms with E-state index in [4.69, 9.17) is 0 Å². The number of aromatic amines is 1. The van der Waals surface area contributed by atoms with Crippen molar-refractivity contribution in [2.24, 2.45) is 7.05 Å². The van der Waals surface area contributed by atoms with E-state index in [9.17, 15) is 4.79 Å². The van der Waals surface area contributed by atoms with E-state index in [1.54, 1.807) is 17.9 Å². The van der Waals surface area contributed by atoms with Crippen LogP contribution in [0.1, 0.15) is 21.6 Å². The average Bonchev–Trinajstić information content (AvgIpc) is 2.79. The number of hydrogen-bond acceptors (Lipinski definition) is 3. The number of carbonyl (C=O) groups excluding carboxylic acids is 1. The number of rotatable bonds is 2. The Balaban J connectivity index is 2.17. The molecule has 0 unspecified atom stereocenters. The molecule has 0 aliphatic carbocycles. The Morgan fingerprint density at radius 3 is 2.75 bits per heavy atom. The van der Waals surface area contributed by atoms with Gasteiger partial charge in [0.1, 0.15) is 0 Å². The second-order valence-corrected chi connectivity index (χ2v) is 3.68. The molecule has 0 radical (unpaired) electrons. The molecule has 0 saturated carbocycles. The van der Waals surface area contributed by atoms with E-state index in [2.05, 4.69) is 20.6 Å². The number of nitrogens with zero attached hydrogens (tertiary/aromatic N) is 3. The zero-order valence-corrected chi connectivity index (χ0v) is 9.40. The molecule has 0 atom stereocenters. The lowest BCUT2D eigenvalue weighted by molar-refractivity contribution is 0.102. The van der Waals surface area contributed by atoms with Crippen molar-refractivity contribution in [2.75, 3.05) is 5.32 Å². The first kappa shape index (κ1) is 10.4. The van der Waals surface area contributed by atoms with Gasteiger partial charge in [-0.3, -0.25) is 14.6 Å². The van der Waals surface area contributed by atoms with Gasteiger partial charge in [-0.25, -0.2) is 0 Å². The normalized spacial score (nSPS) is 10.4. The molecule has 2 heterocycles. The number of hydrogen-bond donors (Lipinski definition) is 2. The summed E-state index contributed by atoms with van der Waals surface area (Å²) in [5.41, 5.74) is 2.40. The van der Waals surface area contributed by atoms with Gasteiger partial charge in [-0.15, -0.1) is 0 Å². The van der Waals surface area contributed by atoms with Crippen molar-refractivity contribution < 1.29 is 4.79 Å². The minimum atomic E-state index is -0.206. The van der Waals surface area contributed by atoms with Crippen LogP contribution in [0.4, 0.5) is 5.82 Å². The highest BCUT2D eigenvalue weighted by atomic mass is 16.1. The van der Waals surface area contributed by atoms with Crippen molar-refractivity contribution in [2.45, 2.75) is 13.8 Å². The zero-order chi connectivity index (χ0) is 11.7. The molecular weight excluding hydrogens is 206 g/mol. The molecule has 6 heteroatoms. The third kappa shape index (κ3) is 1.81. The summed E-state index contributed by atoms with van der Waals surface area (Å²) in [7, 11) is 1.76. The van der Waals surface area contributed by atoms with Gasteiger partial charge in [0, 0.05) is 24.5 Å². The Morgan fingerprint density at radius 1 is 1.50 bits per heavy atom. The Labute approximate surface area is 92.7 Å². The third-order valence-electron chi connectivity index (χ3n) is 2.45. The highest BCUT2D eigenvalue weighted by Crippen LogP contribution is 2.14. The molecular formula is C10H13N5O. The van der Waals surface area contributed by atoms with Crippen molar-refractivity contribution >= 4 is 11.7 Å². The van der Waals surface area contributed by atoms with Crippen molar-refractivity contribution in [1.82, 2.24) is 20.0 Å². The minimum absolute atomic E-state index is 0.206. The van der Waals surface area contributed by atoms with E-state index >= 15 is 0 Å². The first-order valence-electron chi connectivity index (χ1n) is 4.89. The predicted molar refractivity (Wildman–Crippen MR) is 59.2 cm³/mol. The molecule has 0 spiro atoms. The quantitative estimate of drug-likeness (QED) is 0.791. The van der Waals surface area contributed by atoms with Crippen LogP contribution < -0.4 is 5.32 Å². The molecule has 2 N–H and O–H groups in total. The van der Waals surface area contributed by atoms with Gasteiger partial charge in [0.2, 0.25) is 0 Å². The lowest BCUT2D eigenvalue weighted by Gasteiger charge is -2.00. The highest BCUT2D eigenvalue weighted by molar-refractivity contribution is 6.03. The number of H-pyrrole nitrogens is 1. The molecule has 84 valence electrons.